The van der Waals surface area contributed by atoms with Gasteiger partial charge < -0.3 is 20.5 Å². The van der Waals surface area contributed by atoms with Crippen molar-refractivity contribution in [2.75, 3.05) is 17.7 Å². The molecule has 0 saturated heterocycles. The van der Waals surface area contributed by atoms with Gasteiger partial charge in [-0.2, -0.15) is 5.10 Å². The second kappa shape index (κ2) is 5.01. The minimum atomic E-state index is -0.203. The Morgan fingerprint density at radius 3 is 3.00 bits per heavy atom. The summed E-state index contributed by atoms with van der Waals surface area (Å²) in [5, 5.41) is 6.91. The number of nitrogens with zero attached hydrogens (tertiary/aromatic N) is 2. The first-order chi connectivity index (χ1) is 10.0. The predicted octanol–water partition coefficient (Wildman–Crippen LogP) is 2.17. The third-order valence-electron chi connectivity index (χ3n) is 3.08. The van der Waals surface area contributed by atoms with Gasteiger partial charge in [0.1, 0.15) is 5.75 Å². The van der Waals surface area contributed by atoms with Crippen LogP contribution in [0.4, 0.5) is 11.4 Å². The van der Waals surface area contributed by atoms with Crippen molar-refractivity contribution in [3.63, 3.8) is 0 Å². The molecule has 0 fully saturated rings. The van der Waals surface area contributed by atoms with Gasteiger partial charge in [0, 0.05) is 18.2 Å². The van der Waals surface area contributed by atoms with E-state index in [1.165, 1.54) is 0 Å². The lowest BCUT2D eigenvalue weighted by Gasteiger charge is -2.19. The Hall–Kier alpha value is -2.70. The molecule has 0 saturated carbocycles. The number of hydrogen-bond donors (Lipinski definition) is 2. The molecule has 110 valence electrons. The summed E-state index contributed by atoms with van der Waals surface area (Å²) in [7, 11) is 0. The number of rotatable bonds is 3. The quantitative estimate of drug-likeness (QED) is 0.844. The van der Waals surface area contributed by atoms with E-state index in [9.17, 15) is 4.79 Å². The van der Waals surface area contributed by atoms with Crippen LogP contribution in [0.3, 0.4) is 0 Å². The van der Waals surface area contributed by atoms with E-state index in [4.69, 9.17) is 15.2 Å². The third kappa shape index (κ3) is 2.62. The van der Waals surface area contributed by atoms with Gasteiger partial charge in [0.25, 0.3) is 5.91 Å². The maximum absolute atomic E-state index is 11.3. The van der Waals surface area contributed by atoms with Gasteiger partial charge in [0.05, 0.1) is 23.8 Å². The van der Waals surface area contributed by atoms with E-state index < -0.39 is 0 Å². The SMILES string of the molecule is CC(C)n1cc(Oc2cc3c(cc2N)OCC(=O)N3)cn1. The van der Waals surface area contributed by atoms with Gasteiger partial charge in [-0.3, -0.25) is 9.48 Å². The molecular formula is C14H16N4O3. The standard InChI is InChI=1S/C14H16N4O3/c1-8(2)18-6-9(5-16-18)21-12-4-11-13(3-10(12)15)20-7-14(19)17-11/h3-6,8H,7,15H2,1-2H3,(H,17,19). The first kappa shape index (κ1) is 13.3. The summed E-state index contributed by atoms with van der Waals surface area (Å²) >= 11 is 0. The van der Waals surface area contributed by atoms with Gasteiger partial charge in [-0.15, -0.1) is 0 Å². The molecule has 0 radical (unpaired) electrons. The number of aromatic nitrogens is 2. The van der Waals surface area contributed by atoms with Gasteiger partial charge in [-0.25, -0.2) is 0 Å². The summed E-state index contributed by atoms with van der Waals surface area (Å²) in [6.07, 6.45) is 3.41. The number of fused-ring (bicyclic) bond motifs is 1. The zero-order valence-electron chi connectivity index (χ0n) is 11.8. The zero-order chi connectivity index (χ0) is 15.0. The van der Waals surface area contributed by atoms with Crippen molar-refractivity contribution in [2.45, 2.75) is 19.9 Å². The Morgan fingerprint density at radius 2 is 2.29 bits per heavy atom. The molecule has 1 aromatic heterocycles. The van der Waals surface area contributed by atoms with Gasteiger partial charge in [-0.1, -0.05) is 0 Å². The van der Waals surface area contributed by atoms with Crippen molar-refractivity contribution >= 4 is 17.3 Å². The van der Waals surface area contributed by atoms with Crippen LogP contribution >= 0.6 is 0 Å². The minimum Gasteiger partial charge on any atom is -0.481 e. The van der Waals surface area contributed by atoms with Gasteiger partial charge in [0.15, 0.2) is 18.1 Å². The number of carbonyl (C=O) groups is 1. The number of nitrogens with one attached hydrogen (secondary N) is 1. The molecule has 0 unspecified atom stereocenters. The number of nitrogens with two attached hydrogens (primary N) is 1. The zero-order valence-corrected chi connectivity index (χ0v) is 11.8. The average molecular weight is 288 g/mol. The largest absolute Gasteiger partial charge is 0.481 e. The van der Waals surface area contributed by atoms with E-state index in [1.54, 1.807) is 29.2 Å². The van der Waals surface area contributed by atoms with Crippen LogP contribution in [0, 0.1) is 0 Å². The second-order valence-corrected chi connectivity index (χ2v) is 5.07. The number of anilines is 2. The van der Waals surface area contributed by atoms with E-state index in [0.717, 1.165) is 0 Å². The van der Waals surface area contributed by atoms with Gasteiger partial charge in [-0.05, 0) is 13.8 Å². The molecule has 3 rings (SSSR count). The molecule has 7 heteroatoms. The molecule has 0 bridgehead atoms. The maximum atomic E-state index is 11.3. The van der Waals surface area contributed by atoms with Crippen LogP contribution in [0.1, 0.15) is 19.9 Å². The molecule has 21 heavy (non-hydrogen) atoms. The number of hydrogen-bond acceptors (Lipinski definition) is 5. The van der Waals surface area contributed by atoms with Crippen molar-refractivity contribution in [1.82, 2.24) is 9.78 Å². The summed E-state index contributed by atoms with van der Waals surface area (Å²) < 4.78 is 12.8. The number of nitrogen functional groups attached to an aromatic ring is 1. The van der Waals surface area contributed by atoms with Crippen molar-refractivity contribution < 1.29 is 14.3 Å². The van der Waals surface area contributed by atoms with Crippen molar-refractivity contribution in [3.8, 4) is 17.2 Å². The molecule has 1 amide bonds. The van der Waals surface area contributed by atoms with Crippen LogP contribution in [-0.4, -0.2) is 22.3 Å². The molecule has 2 heterocycles. The monoisotopic (exact) mass is 288 g/mol. The summed E-state index contributed by atoms with van der Waals surface area (Å²) in [5.74, 6) is 1.37. The van der Waals surface area contributed by atoms with Crippen LogP contribution in [0.25, 0.3) is 0 Å². The summed E-state index contributed by atoms with van der Waals surface area (Å²) in [5.41, 5.74) is 6.93. The van der Waals surface area contributed by atoms with Gasteiger partial charge >= 0.3 is 0 Å². The highest BCUT2D eigenvalue weighted by Gasteiger charge is 2.19. The molecule has 2 aromatic rings. The molecule has 7 nitrogen and oxygen atoms in total. The second-order valence-electron chi connectivity index (χ2n) is 5.07. The van der Waals surface area contributed by atoms with Crippen LogP contribution in [0.2, 0.25) is 0 Å². The fraction of sp³-hybridized carbons (Fsp3) is 0.286. The topological polar surface area (TPSA) is 91.4 Å². The first-order valence-electron chi connectivity index (χ1n) is 6.61. The lowest BCUT2D eigenvalue weighted by molar-refractivity contribution is -0.118. The van der Waals surface area contributed by atoms with Crippen LogP contribution in [-0.2, 0) is 4.79 Å². The smallest absolute Gasteiger partial charge is 0.262 e. The first-order valence-corrected chi connectivity index (χ1v) is 6.61. The Labute approximate surface area is 121 Å². The van der Waals surface area contributed by atoms with Gasteiger partial charge in [0.2, 0.25) is 0 Å². The number of ether oxygens (including phenoxy) is 2. The molecular weight excluding hydrogens is 272 g/mol. The molecule has 1 aliphatic rings. The highest BCUT2D eigenvalue weighted by molar-refractivity contribution is 5.96. The highest BCUT2D eigenvalue weighted by atomic mass is 16.5. The Morgan fingerprint density at radius 1 is 1.48 bits per heavy atom. The fourth-order valence-corrected chi connectivity index (χ4v) is 1.99. The van der Waals surface area contributed by atoms with Crippen molar-refractivity contribution in [3.05, 3.63) is 24.5 Å². The predicted molar refractivity (Wildman–Crippen MR) is 77.7 cm³/mol. The van der Waals surface area contributed by atoms with Crippen LogP contribution < -0.4 is 20.5 Å². The Bertz CT molecular complexity index is 694. The minimum absolute atomic E-state index is 0.00615. The molecule has 0 spiro atoms. The van der Waals surface area contributed by atoms with Crippen molar-refractivity contribution in [1.29, 1.82) is 0 Å². The molecule has 0 aliphatic carbocycles. The number of amides is 1. The molecule has 1 aromatic carbocycles. The maximum Gasteiger partial charge on any atom is 0.262 e. The molecule has 0 atom stereocenters. The third-order valence-corrected chi connectivity index (χ3v) is 3.08. The highest BCUT2D eigenvalue weighted by Crippen LogP contribution is 2.38. The van der Waals surface area contributed by atoms with E-state index >= 15 is 0 Å². The lowest BCUT2D eigenvalue weighted by atomic mass is 10.2. The van der Waals surface area contributed by atoms with E-state index in [2.05, 4.69) is 10.4 Å². The fourth-order valence-electron chi connectivity index (χ4n) is 1.99. The number of carbonyl (C=O) groups excluding carboxylic acids is 1. The molecule has 1 aliphatic heterocycles. The summed E-state index contributed by atoms with van der Waals surface area (Å²) in [6, 6.07) is 3.53. The summed E-state index contributed by atoms with van der Waals surface area (Å²) in [6.45, 7) is 4.04. The van der Waals surface area contributed by atoms with E-state index in [0.29, 0.717) is 28.6 Å². The van der Waals surface area contributed by atoms with E-state index in [-0.39, 0.29) is 18.6 Å². The normalized spacial score (nSPS) is 13.6. The van der Waals surface area contributed by atoms with Crippen LogP contribution in [0.5, 0.6) is 17.2 Å². The number of benzene rings is 1. The average Bonchev–Trinajstić information content (AvgIpc) is 2.89. The summed E-state index contributed by atoms with van der Waals surface area (Å²) in [4.78, 5) is 11.3. The Kier molecular flexibility index (Phi) is 3.17. The van der Waals surface area contributed by atoms with Crippen molar-refractivity contribution in [2.24, 2.45) is 0 Å². The Balaban J connectivity index is 1.88. The van der Waals surface area contributed by atoms with E-state index in [1.807, 2.05) is 13.8 Å². The van der Waals surface area contributed by atoms with Crippen LogP contribution in [0.15, 0.2) is 24.5 Å². The molecule has 3 N–H and O–H groups in total. The lowest BCUT2D eigenvalue weighted by Crippen LogP contribution is -2.25.